The van der Waals surface area contributed by atoms with Crippen molar-refractivity contribution in [2.24, 2.45) is 0 Å². The first-order chi connectivity index (χ1) is 22.8. The second-order valence-corrected chi connectivity index (χ2v) is 12.1. The van der Waals surface area contributed by atoms with Crippen LogP contribution >= 0.6 is 0 Å². The molecule has 0 fully saturated rings. The first-order valence-electron chi connectivity index (χ1n) is 15.9. The van der Waals surface area contributed by atoms with Crippen LogP contribution in [0.3, 0.4) is 0 Å². The summed E-state index contributed by atoms with van der Waals surface area (Å²) in [4.78, 5) is 0. The van der Waals surface area contributed by atoms with Gasteiger partial charge in [0.25, 0.3) is 0 Å². The van der Waals surface area contributed by atoms with Crippen molar-refractivity contribution < 1.29 is 0 Å². The molecule has 214 valence electrons. The molecule has 0 saturated heterocycles. The second-order valence-electron chi connectivity index (χ2n) is 12.1. The summed E-state index contributed by atoms with van der Waals surface area (Å²) >= 11 is 0. The lowest BCUT2D eigenvalue weighted by atomic mass is 9.82. The fourth-order valence-corrected chi connectivity index (χ4v) is 7.32. The van der Waals surface area contributed by atoms with E-state index in [9.17, 15) is 0 Å². The number of benzene rings is 9. The second kappa shape index (κ2) is 10.9. The van der Waals surface area contributed by atoms with Crippen molar-refractivity contribution in [1.29, 1.82) is 0 Å². The molecule has 0 amide bonds. The van der Waals surface area contributed by atoms with E-state index in [1.807, 2.05) is 0 Å². The Bertz CT molecular complexity index is 2570. The van der Waals surface area contributed by atoms with Crippen molar-refractivity contribution in [2.75, 3.05) is 0 Å². The Hall–Kier alpha value is -5.98. The molecule has 0 aliphatic heterocycles. The van der Waals surface area contributed by atoms with Crippen LogP contribution in [0.2, 0.25) is 0 Å². The van der Waals surface area contributed by atoms with Gasteiger partial charge in [-0.3, -0.25) is 0 Å². The molecule has 9 aromatic carbocycles. The van der Waals surface area contributed by atoms with Crippen molar-refractivity contribution in [1.82, 2.24) is 0 Å². The van der Waals surface area contributed by atoms with Gasteiger partial charge in [0, 0.05) is 0 Å². The van der Waals surface area contributed by atoms with Crippen LogP contribution in [0.4, 0.5) is 0 Å². The predicted octanol–water partition coefficient (Wildman–Crippen LogP) is 13.0. The van der Waals surface area contributed by atoms with E-state index in [1.165, 1.54) is 87.6 Å². The maximum absolute atomic E-state index is 2.43. The molecule has 0 saturated carbocycles. The van der Waals surface area contributed by atoms with Crippen molar-refractivity contribution in [3.8, 4) is 44.5 Å². The van der Waals surface area contributed by atoms with Gasteiger partial charge in [-0.2, -0.15) is 0 Å². The van der Waals surface area contributed by atoms with Gasteiger partial charge < -0.3 is 0 Å². The van der Waals surface area contributed by atoms with Crippen LogP contribution < -0.4 is 0 Å². The van der Waals surface area contributed by atoms with Crippen molar-refractivity contribution in [3.63, 3.8) is 0 Å². The van der Waals surface area contributed by atoms with E-state index < -0.39 is 0 Å². The lowest BCUT2D eigenvalue weighted by molar-refractivity contribution is 1.60. The summed E-state index contributed by atoms with van der Waals surface area (Å²) in [5, 5.41) is 10.1. The molecule has 46 heavy (non-hydrogen) atoms. The third-order valence-corrected chi connectivity index (χ3v) is 9.45. The molecule has 0 unspecified atom stereocenters. The lowest BCUT2D eigenvalue weighted by Crippen LogP contribution is -1.94. The van der Waals surface area contributed by atoms with E-state index in [1.54, 1.807) is 0 Å². The molecule has 0 spiro atoms. The highest BCUT2D eigenvalue weighted by Gasteiger charge is 2.20. The van der Waals surface area contributed by atoms with Gasteiger partial charge in [-0.15, -0.1) is 0 Å². The molecule has 0 bridgehead atoms. The fraction of sp³-hybridized carbons (Fsp3) is 0. The zero-order valence-electron chi connectivity index (χ0n) is 25.3. The fourth-order valence-electron chi connectivity index (χ4n) is 7.32. The highest BCUT2D eigenvalue weighted by Crippen LogP contribution is 2.48. The summed E-state index contributed by atoms with van der Waals surface area (Å²) in [5.74, 6) is 0. The van der Waals surface area contributed by atoms with E-state index in [4.69, 9.17) is 0 Å². The van der Waals surface area contributed by atoms with Crippen molar-refractivity contribution in [3.05, 3.63) is 182 Å². The maximum Gasteiger partial charge on any atom is -0.00199 e. The third-order valence-electron chi connectivity index (χ3n) is 9.45. The van der Waals surface area contributed by atoms with Crippen LogP contribution in [0, 0.1) is 0 Å². The Balaban J connectivity index is 1.43. The standard InChI is InChI=1S/C46H30/c1-2-14-32(15-3-1)37-20-8-9-21-39(37)45-41-22-10-11-23-42(41)46(40-24-12-18-33-16-6-7-19-38(33)40)44-30-36(27-28-43(44)45)35-26-25-31-13-4-5-17-34(31)29-35/h1-30H. The molecule has 0 aliphatic rings. The highest BCUT2D eigenvalue weighted by atomic mass is 14.2. The molecule has 0 nitrogen and oxygen atoms in total. The number of hydrogen-bond donors (Lipinski definition) is 0. The Kier molecular flexibility index (Phi) is 6.25. The van der Waals surface area contributed by atoms with Gasteiger partial charge in [0.15, 0.2) is 0 Å². The molecule has 9 rings (SSSR count). The summed E-state index contributed by atoms with van der Waals surface area (Å²) < 4.78 is 0. The minimum Gasteiger partial charge on any atom is -0.0622 e. The largest absolute Gasteiger partial charge is 0.0622 e. The van der Waals surface area contributed by atoms with E-state index in [0.29, 0.717) is 0 Å². The van der Waals surface area contributed by atoms with E-state index in [-0.39, 0.29) is 0 Å². The van der Waals surface area contributed by atoms with Crippen LogP contribution in [0.1, 0.15) is 0 Å². The molecule has 0 aromatic heterocycles. The average molecular weight is 583 g/mol. The Labute approximate surface area is 268 Å². The number of hydrogen-bond acceptors (Lipinski definition) is 0. The maximum atomic E-state index is 2.43. The van der Waals surface area contributed by atoms with E-state index in [2.05, 4.69) is 182 Å². The van der Waals surface area contributed by atoms with Gasteiger partial charge in [0.1, 0.15) is 0 Å². The zero-order valence-corrected chi connectivity index (χ0v) is 25.3. The zero-order chi connectivity index (χ0) is 30.5. The minimum absolute atomic E-state index is 1.22. The van der Waals surface area contributed by atoms with Crippen LogP contribution in [-0.2, 0) is 0 Å². The summed E-state index contributed by atoms with van der Waals surface area (Å²) in [6.07, 6.45) is 0. The molecule has 0 N–H and O–H groups in total. The molecular formula is C46H30. The van der Waals surface area contributed by atoms with Gasteiger partial charge in [0.05, 0.1) is 0 Å². The van der Waals surface area contributed by atoms with Gasteiger partial charge in [-0.25, -0.2) is 0 Å². The molecule has 0 atom stereocenters. The molecule has 0 heteroatoms. The molecule has 9 aromatic rings. The predicted molar refractivity (Wildman–Crippen MR) is 198 cm³/mol. The minimum atomic E-state index is 1.22. The Morgan fingerprint density at radius 1 is 0.217 bits per heavy atom. The average Bonchev–Trinajstić information content (AvgIpc) is 3.13. The van der Waals surface area contributed by atoms with E-state index >= 15 is 0 Å². The van der Waals surface area contributed by atoms with Crippen LogP contribution in [0.15, 0.2) is 182 Å². The smallest absolute Gasteiger partial charge is 0.00199 e. The number of fused-ring (bicyclic) bond motifs is 4. The Morgan fingerprint density at radius 2 is 0.739 bits per heavy atom. The van der Waals surface area contributed by atoms with Crippen LogP contribution in [0.25, 0.3) is 87.6 Å². The summed E-state index contributed by atoms with van der Waals surface area (Å²) in [6, 6.07) is 66.6. The van der Waals surface area contributed by atoms with Gasteiger partial charge in [0.2, 0.25) is 0 Å². The summed E-state index contributed by atoms with van der Waals surface area (Å²) in [6.45, 7) is 0. The SMILES string of the molecule is c1ccc(-c2ccccc2-c2c3ccccc3c(-c3cccc4ccccc34)c3cc(-c4ccc5ccccc5c4)ccc23)cc1. The lowest BCUT2D eigenvalue weighted by Gasteiger charge is -2.21. The topological polar surface area (TPSA) is 0 Å². The quantitative estimate of drug-likeness (QED) is 0.181. The van der Waals surface area contributed by atoms with Crippen molar-refractivity contribution >= 4 is 43.1 Å². The molecule has 0 radical (unpaired) electrons. The van der Waals surface area contributed by atoms with E-state index in [0.717, 1.165) is 0 Å². The van der Waals surface area contributed by atoms with Gasteiger partial charge >= 0.3 is 0 Å². The van der Waals surface area contributed by atoms with Crippen LogP contribution in [0.5, 0.6) is 0 Å². The molecular weight excluding hydrogens is 553 g/mol. The summed E-state index contributed by atoms with van der Waals surface area (Å²) in [5.41, 5.74) is 9.98. The van der Waals surface area contributed by atoms with Crippen molar-refractivity contribution in [2.45, 2.75) is 0 Å². The normalized spacial score (nSPS) is 11.5. The monoisotopic (exact) mass is 582 g/mol. The number of rotatable bonds is 4. The first kappa shape index (κ1) is 26.4. The van der Waals surface area contributed by atoms with Gasteiger partial charge in [-0.05, 0) is 99.7 Å². The summed E-state index contributed by atoms with van der Waals surface area (Å²) in [7, 11) is 0. The van der Waals surface area contributed by atoms with Crippen LogP contribution in [-0.4, -0.2) is 0 Å². The Morgan fingerprint density at radius 3 is 1.54 bits per heavy atom. The molecule has 0 aliphatic carbocycles. The van der Waals surface area contributed by atoms with Gasteiger partial charge in [-0.1, -0.05) is 170 Å². The third kappa shape index (κ3) is 4.30. The first-order valence-corrected chi connectivity index (χ1v) is 15.9. The highest BCUT2D eigenvalue weighted by molar-refractivity contribution is 6.24. The molecule has 0 heterocycles.